The molecule has 0 fully saturated rings. The summed E-state index contributed by atoms with van der Waals surface area (Å²) < 4.78 is 5.10. The number of amides is 1. The zero-order valence-electron chi connectivity index (χ0n) is 10.5. The minimum absolute atomic E-state index is 0.0771. The van der Waals surface area contributed by atoms with Crippen molar-refractivity contribution in [1.29, 1.82) is 0 Å². The third kappa shape index (κ3) is 4.12. The number of terminal acetylenes is 1. The highest BCUT2D eigenvalue weighted by molar-refractivity contribution is 5.87. The molecule has 1 amide bonds. The molecule has 0 aliphatic rings. The molecule has 0 radical (unpaired) electrons. The van der Waals surface area contributed by atoms with E-state index in [1.165, 1.54) is 7.11 Å². The van der Waals surface area contributed by atoms with Crippen molar-refractivity contribution in [3.05, 3.63) is 35.9 Å². The van der Waals surface area contributed by atoms with E-state index in [-0.39, 0.29) is 6.42 Å². The van der Waals surface area contributed by atoms with E-state index in [2.05, 4.69) is 11.2 Å². The molecule has 1 aromatic carbocycles. The molecule has 1 rings (SSSR count). The van der Waals surface area contributed by atoms with Crippen LogP contribution in [0.3, 0.4) is 0 Å². The molecule has 0 saturated heterocycles. The van der Waals surface area contributed by atoms with Crippen LogP contribution in [0.25, 0.3) is 0 Å². The average Bonchev–Trinajstić information content (AvgIpc) is 2.40. The highest BCUT2D eigenvalue weighted by Crippen LogP contribution is 2.16. The molecule has 0 aliphatic carbocycles. The molecule has 2 atom stereocenters. The Kier molecular flexibility index (Phi) is 5.58. The summed E-state index contributed by atoms with van der Waals surface area (Å²) in [5.41, 5.74) is 0.646. The van der Waals surface area contributed by atoms with Crippen molar-refractivity contribution in [1.82, 2.24) is 5.32 Å². The third-order valence-electron chi connectivity index (χ3n) is 2.51. The van der Waals surface area contributed by atoms with Crippen LogP contribution in [0, 0.1) is 12.3 Å². The standard InChI is InChI=1S/C14H15NO4/c1-3-7-11(14(17)18)15-13(16)12(19-2)10-8-5-4-6-9-10/h1,4-6,8-9,11-12H,7H2,2H3,(H,15,16)(H,17,18)/t11-,12-/m0/s1. The second-order valence-corrected chi connectivity index (χ2v) is 3.83. The summed E-state index contributed by atoms with van der Waals surface area (Å²) in [6.45, 7) is 0. The molecule has 100 valence electrons. The Morgan fingerprint density at radius 3 is 2.53 bits per heavy atom. The van der Waals surface area contributed by atoms with Gasteiger partial charge < -0.3 is 15.2 Å². The van der Waals surface area contributed by atoms with Crippen LogP contribution in [-0.2, 0) is 14.3 Å². The first-order valence-corrected chi connectivity index (χ1v) is 5.64. The number of nitrogens with one attached hydrogen (secondary N) is 1. The molecule has 0 saturated carbocycles. The second-order valence-electron chi connectivity index (χ2n) is 3.83. The fourth-order valence-corrected chi connectivity index (χ4v) is 1.59. The first-order valence-electron chi connectivity index (χ1n) is 5.64. The number of carbonyl (C=O) groups excluding carboxylic acids is 1. The summed E-state index contributed by atoms with van der Waals surface area (Å²) in [6, 6.07) is 7.69. The zero-order chi connectivity index (χ0) is 14.3. The topological polar surface area (TPSA) is 75.6 Å². The van der Waals surface area contributed by atoms with Gasteiger partial charge in [-0.15, -0.1) is 12.3 Å². The van der Waals surface area contributed by atoms with E-state index in [0.717, 1.165) is 0 Å². The molecule has 5 heteroatoms. The van der Waals surface area contributed by atoms with Crippen molar-refractivity contribution in [2.24, 2.45) is 0 Å². The maximum absolute atomic E-state index is 12.0. The number of methoxy groups -OCH3 is 1. The maximum Gasteiger partial charge on any atom is 0.327 e. The van der Waals surface area contributed by atoms with Crippen LogP contribution >= 0.6 is 0 Å². The van der Waals surface area contributed by atoms with Crippen LogP contribution in [0.15, 0.2) is 30.3 Å². The lowest BCUT2D eigenvalue weighted by Gasteiger charge is -2.18. The van der Waals surface area contributed by atoms with Crippen molar-refractivity contribution in [2.45, 2.75) is 18.6 Å². The second kappa shape index (κ2) is 7.19. The van der Waals surface area contributed by atoms with Crippen LogP contribution in [-0.4, -0.2) is 30.1 Å². The zero-order valence-corrected chi connectivity index (χ0v) is 10.5. The van der Waals surface area contributed by atoms with Crippen molar-refractivity contribution >= 4 is 11.9 Å². The lowest BCUT2D eigenvalue weighted by atomic mass is 10.1. The summed E-state index contributed by atoms with van der Waals surface area (Å²) in [6.07, 6.45) is 4.13. The number of benzene rings is 1. The predicted molar refractivity (Wildman–Crippen MR) is 69.2 cm³/mol. The molecular weight excluding hydrogens is 246 g/mol. The van der Waals surface area contributed by atoms with Gasteiger partial charge in [-0.2, -0.15) is 0 Å². The first-order chi connectivity index (χ1) is 9.10. The molecular formula is C14H15NO4. The van der Waals surface area contributed by atoms with Gasteiger partial charge in [-0.3, -0.25) is 4.79 Å². The van der Waals surface area contributed by atoms with Gasteiger partial charge >= 0.3 is 5.97 Å². The highest BCUT2D eigenvalue weighted by Gasteiger charge is 2.25. The number of ether oxygens (including phenoxy) is 1. The van der Waals surface area contributed by atoms with Gasteiger partial charge in [-0.1, -0.05) is 30.3 Å². The highest BCUT2D eigenvalue weighted by atomic mass is 16.5. The van der Waals surface area contributed by atoms with E-state index in [1.807, 2.05) is 6.07 Å². The summed E-state index contributed by atoms with van der Waals surface area (Å²) in [4.78, 5) is 22.9. The lowest BCUT2D eigenvalue weighted by Crippen LogP contribution is -2.43. The molecule has 0 unspecified atom stereocenters. The molecule has 0 heterocycles. The number of carboxylic acid groups (broad SMARTS) is 1. The Morgan fingerprint density at radius 1 is 1.42 bits per heavy atom. The Bertz CT molecular complexity index is 478. The van der Waals surface area contributed by atoms with E-state index in [4.69, 9.17) is 16.3 Å². The molecule has 2 N–H and O–H groups in total. The fraction of sp³-hybridized carbons (Fsp3) is 0.286. The van der Waals surface area contributed by atoms with E-state index in [1.54, 1.807) is 24.3 Å². The number of carboxylic acids is 1. The molecule has 0 aliphatic heterocycles. The predicted octanol–water partition coefficient (Wildman–Crippen LogP) is 0.967. The number of rotatable bonds is 6. The number of hydrogen-bond donors (Lipinski definition) is 2. The van der Waals surface area contributed by atoms with Gasteiger partial charge in [0.05, 0.1) is 0 Å². The van der Waals surface area contributed by atoms with Gasteiger partial charge in [0.2, 0.25) is 0 Å². The SMILES string of the molecule is C#CC[C@H](NC(=O)[C@@H](OC)c1ccccc1)C(=O)O. The summed E-state index contributed by atoms with van der Waals surface area (Å²) in [7, 11) is 1.38. The Morgan fingerprint density at radius 2 is 2.05 bits per heavy atom. The molecule has 5 nitrogen and oxygen atoms in total. The summed E-state index contributed by atoms with van der Waals surface area (Å²) in [5, 5.41) is 11.3. The largest absolute Gasteiger partial charge is 0.480 e. The lowest BCUT2D eigenvalue weighted by molar-refractivity contribution is -0.143. The Balaban J connectivity index is 2.80. The monoisotopic (exact) mass is 261 g/mol. The Labute approximate surface area is 111 Å². The van der Waals surface area contributed by atoms with Gasteiger partial charge in [-0.25, -0.2) is 4.79 Å². The molecule has 0 spiro atoms. The number of carbonyl (C=O) groups is 2. The molecule has 0 bridgehead atoms. The number of hydrogen-bond acceptors (Lipinski definition) is 3. The van der Waals surface area contributed by atoms with E-state index in [0.29, 0.717) is 5.56 Å². The van der Waals surface area contributed by atoms with Crippen LogP contribution < -0.4 is 5.32 Å². The van der Waals surface area contributed by atoms with Crippen LogP contribution in [0.4, 0.5) is 0 Å². The van der Waals surface area contributed by atoms with E-state index in [9.17, 15) is 9.59 Å². The van der Waals surface area contributed by atoms with Gasteiger partial charge in [0.1, 0.15) is 6.04 Å². The van der Waals surface area contributed by atoms with Crippen molar-refractivity contribution in [3.8, 4) is 12.3 Å². The fourth-order valence-electron chi connectivity index (χ4n) is 1.59. The van der Waals surface area contributed by atoms with Crippen molar-refractivity contribution < 1.29 is 19.4 Å². The molecule has 19 heavy (non-hydrogen) atoms. The quantitative estimate of drug-likeness (QED) is 0.748. The van der Waals surface area contributed by atoms with Crippen molar-refractivity contribution in [2.75, 3.05) is 7.11 Å². The Hall–Kier alpha value is -2.32. The summed E-state index contributed by atoms with van der Waals surface area (Å²) in [5.74, 6) is 0.512. The van der Waals surface area contributed by atoms with Gasteiger partial charge in [0, 0.05) is 13.5 Å². The first kappa shape index (κ1) is 14.7. The van der Waals surface area contributed by atoms with Crippen LogP contribution in [0.1, 0.15) is 18.1 Å². The van der Waals surface area contributed by atoms with Gasteiger partial charge in [0.25, 0.3) is 5.91 Å². The van der Waals surface area contributed by atoms with E-state index < -0.39 is 24.0 Å². The summed E-state index contributed by atoms with van der Waals surface area (Å²) >= 11 is 0. The van der Waals surface area contributed by atoms with Crippen LogP contribution in [0.5, 0.6) is 0 Å². The van der Waals surface area contributed by atoms with E-state index >= 15 is 0 Å². The van der Waals surface area contributed by atoms with Crippen molar-refractivity contribution in [3.63, 3.8) is 0 Å². The normalized spacial score (nSPS) is 13.1. The molecule has 0 aromatic heterocycles. The third-order valence-corrected chi connectivity index (χ3v) is 2.51. The average molecular weight is 261 g/mol. The molecule has 1 aromatic rings. The minimum atomic E-state index is -1.17. The van der Waals surface area contributed by atoms with Gasteiger partial charge in [0.15, 0.2) is 6.10 Å². The van der Waals surface area contributed by atoms with Crippen LogP contribution in [0.2, 0.25) is 0 Å². The minimum Gasteiger partial charge on any atom is -0.480 e. The van der Waals surface area contributed by atoms with Gasteiger partial charge in [-0.05, 0) is 5.56 Å². The smallest absolute Gasteiger partial charge is 0.327 e. The maximum atomic E-state index is 12.0. The number of aliphatic carboxylic acids is 1.